The molecule has 0 fully saturated rings. The maximum absolute atomic E-state index is 12.9. The molecule has 3 nitrogen and oxygen atoms in total. The van der Waals surface area contributed by atoms with E-state index < -0.39 is 39.4 Å². The van der Waals surface area contributed by atoms with E-state index in [-0.39, 0.29) is 0 Å². The molecule has 0 unspecified atom stereocenters. The van der Waals surface area contributed by atoms with Crippen LogP contribution in [0.3, 0.4) is 0 Å². The molecule has 0 aliphatic heterocycles. The maximum atomic E-state index is 12.9. The summed E-state index contributed by atoms with van der Waals surface area (Å²) in [5.41, 5.74) is -2.60. The van der Waals surface area contributed by atoms with Gasteiger partial charge in [0.25, 0.3) is 0 Å². The molecule has 1 aromatic rings. The van der Waals surface area contributed by atoms with Gasteiger partial charge in [0.15, 0.2) is 5.82 Å². The van der Waals surface area contributed by atoms with Gasteiger partial charge in [0.05, 0.1) is 4.92 Å². The minimum atomic E-state index is -2.13. The monoisotopic (exact) mass is 209 g/mol. The Hall–Kier alpha value is -1.66. The fourth-order valence-corrected chi connectivity index (χ4v) is 0.896. The Morgan fingerprint density at radius 2 is 1.50 bits per heavy atom. The third-order valence-electron chi connectivity index (χ3n) is 1.64. The van der Waals surface area contributed by atoms with Gasteiger partial charge in [0.1, 0.15) is 0 Å². The Bertz CT molecular complexity index is 390. The van der Waals surface area contributed by atoms with E-state index in [4.69, 9.17) is 0 Å². The van der Waals surface area contributed by atoms with Crippen LogP contribution in [0.2, 0.25) is 0 Å². The fraction of sp³-hybridized carbons (Fsp3) is 0.143. The normalized spacial score (nSPS) is 10.4. The van der Waals surface area contributed by atoms with E-state index in [0.717, 1.165) is 6.92 Å². The molecule has 0 saturated heterocycles. The average molecular weight is 209 g/mol. The Balaban J connectivity index is 3.68. The highest BCUT2D eigenvalue weighted by Gasteiger charge is 2.30. The number of nitro groups is 1. The zero-order valence-corrected chi connectivity index (χ0v) is 6.78. The number of hydrogen-bond acceptors (Lipinski definition) is 2. The lowest BCUT2D eigenvalue weighted by molar-refractivity contribution is -0.390. The molecule has 0 amide bonds. The van der Waals surface area contributed by atoms with Crippen LogP contribution >= 0.6 is 0 Å². The van der Waals surface area contributed by atoms with E-state index in [9.17, 15) is 27.7 Å². The zero-order chi connectivity index (χ0) is 11.0. The molecule has 0 N–H and O–H groups in total. The number of halogens is 4. The summed E-state index contributed by atoms with van der Waals surface area (Å²) < 4.78 is 50.7. The predicted octanol–water partition coefficient (Wildman–Crippen LogP) is 2.46. The molecule has 0 aliphatic carbocycles. The van der Waals surface area contributed by atoms with Gasteiger partial charge in [-0.1, -0.05) is 0 Å². The summed E-state index contributed by atoms with van der Waals surface area (Å²) in [6.45, 7) is 0.778. The van der Waals surface area contributed by atoms with E-state index in [0.29, 0.717) is 0 Å². The van der Waals surface area contributed by atoms with Crippen LogP contribution < -0.4 is 0 Å². The minimum absolute atomic E-state index is 0.778. The van der Waals surface area contributed by atoms with Crippen molar-refractivity contribution in [2.45, 2.75) is 6.92 Å². The van der Waals surface area contributed by atoms with Crippen molar-refractivity contribution >= 4 is 5.69 Å². The van der Waals surface area contributed by atoms with Crippen molar-refractivity contribution in [2.75, 3.05) is 0 Å². The molecule has 1 rings (SSSR count). The van der Waals surface area contributed by atoms with Crippen molar-refractivity contribution in [1.29, 1.82) is 0 Å². The number of nitrogens with zero attached hydrogens (tertiary/aromatic N) is 1. The molecule has 0 aromatic heterocycles. The summed E-state index contributed by atoms with van der Waals surface area (Å²) in [5, 5.41) is 10.1. The lowest BCUT2D eigenvalue weighted by Crippen LogP contribution is -2.05. The highest BCUT2D eigenvalue weighted by atomic mass is 19.2. The molecule has 7 heteroatoms. The van der Waals surface area contributed by atoms with Crippen molar-refractivity contribution in [2.24, 2.45) is 0 Å². The van der Waals surface area contributed by atoms with Crippen molar-refractivity contribution in [3.8, 4) is 0 Å². The molecule has 0 aliphatic rings. The molecule has 1 aromatic carbocycles. The summed E-state index contributed by atoms with van der Waals surface area (Å²) in [5.74, 6) is -7.64. The van der Waals surface area contributed by atoms with Crippen molar-refractivity contribution in [3.63, 3.8) is 0 Å². The van der Waals surface area contributed by atoms with Gasteiger partial charge >= 0.3 is 5.69 Å². The van der Waals surface area contributed by atoms with Gasteiger partial charge in [0, 0.05) is 5.56 Å². The van der Waals surface area contributed by atoms with Gasteiger partial charge in [-0.05, 0) is 6.92 Å². The molecule has 14 heavy (non-hydrogen) atoms. The summed E-state index contributed by atoms with van der Waals surface area (Å²) in [7, 11) is 0. The third kappa shape index (κ3) is 1.30. The van der Waals surface area contributed by atoms with Crippen LogP contribution in [-0.2, 0) is 0 Å². The topological polar surface area (TPSA) is 43.1 Å². The van der Waals surface area contributed by atoms with Crippen LogP contribution in [0.4, 0.5) is 23.2 Å². The summed E-state index contributed by atoms with van der Waals surface area (Å²) in [4.78, 5) is 8.65. The fourth-order valence-electron chi connectivity index (χ4n) is 0.896. The Labute approximate surface area is 75.1 Å². The minimum Gasteiger partial charge on any atom is -0.258 e. The summed E-state index contributed by atoms with van der Waals surface area (Å²) in [6.07, 6.45) is 0. The Kier molecular flexibility index (Phi) is 2.41. The van der Waals surface area contributed by atoms with Crippen molar-refractivity contribution in [1.82, 2.24) is 0 Å². The quantitative estimate of drug-likeness (QED) is 0.234. The SMILES string of the molecule is Cc1c(F)c(F)c(F)c([N+](=O)[O-])c1F. The molecule has 0 bridgehead atoms. The molecule has 76 valence electrons. The van der Waals surface area contributed by atoms with Crippen LogP contribution in [0, 0.1) is 40.3 Å². The van der Waals surface area contributed by atoms with Crippen molar-refractivity contribution < 1.29 is 22.5 Å². The second kappa shape index (κ2) is 3.24. The van der Waals surface area contributed by atoms with Gasteiger partial charge in [-0.25, -0.2) is 8.78 Å². The Morgan fingerprint density at radius 1 is 1.00 bits per heavy atom. The average Bonchev–Trinajstić information content (AvgIpc) is 2.11. The van der Waals surface area contributed by atoms with Crippen LogP contribution in [0.1, 0.15) is 5.56 Å². The number of nitro benzene ring substituents is 1. The second-order valence-corrected chi connectivity index (χ2v) is 2.49. The largest absolute Gasteiger partial charge is 0.343 e. The molecular weight excluding hydrogens is 206 g/mol. The van der Waals surface area contributed by atoms with Crippen LogP contribution in [-0.4, -0.2) is 4.92 Å². The standard InChI is InChI=1S/C7H3F4NO2/c1-2-3(8)5(10)6(11)7(4(2)9)12(13)14/h1H3. The first-order valence-corrected chi connectivity index (χ1v) is 3.34. The first kappa shape index (κ1) is 10.4. The molecular formula is C7H3F4NO2. The first-order valence-electron chi connectivity index (χ1n) is 3.34. The third-order valence-corrected chi connectivity index (χ3v) is 1.64. The van der Waals surface area contributed by atoms with E-state index in [1.807, 2.05) is 0 Å². The number of benzene rings is 1. The van der Waals surface area contributed by atoms with E-state index >= 15 is 0 Å². The summed E-state index contributed by atoms with van der Waals surface area (Å²) in [6, 6.07) is 0. The van der Waals surface area contributed by atoms with Gasteiger partial charge in [-0.15, -0.1) is 0 Å². The Morgan fingerprint density at radius 3 is 1.93 bits per heavy atom. The smallest absolute Gasteiger partial charge is 0.258 e. The second-order valence-electron chi connectivity index (χ2n) is 2.49. The van der Waals surface area contributed by atoms with Crippen LogP contribution in [0.15, 0.2) is 0 Å². The lowest BCUT2D eigenvalue weighted by atomic mass is 10.2. The van der Waals surface area contributed by atoms with E-state index in [1.165, 1.54) is 0 Å². The maximum Gasteiger partial charge on any atom is 0.343 e. The van der Waals surface area contributed by atoms with E-state index in [1.54, 1.807) is 0 Å². The first-order chi connectivity index (χ1) is 6.37. The van der Waals surface area contributed by atoms with Gasteiger partial charge in [0.2, 0.25) is 17.5 Å². The van der Waals surface area contributed by atoms with Crippen LogP contribution in [0.5, 0.6) is 0 Å². The number of rotatable bonds is 1. The van der Waals surface area contributed by atoms with Gasteiger partial charge < -0.3 is 0 Å². The lowest BCUT2D eigenvalue weighted by Gasteiger charge is -2.02. The molecule has 0 atom stereocenters. The van der Waals surface area contributed by atoms with E-state index in [2.05, 4.69) is 0 Å². The van der Waals surface area contributed by atoms with Crippen molar-refractivity contribution in [3.05, 3.63) is 38.9 Å². The predicted molar refractivity (Wildman–Crippen MR) is 37.7 cm³/mol. The molecule has 0 radical (unpaired) electrons. The highest BCUT2D eigenvalue weighted by molar-refractivity contribution is 5.39. The highest BCUT2D eigenvalue weighted by Crippen LogP contribution is 2.28. The summed E-state index contributed by atoms with van der Waals surface area (Å²) >= 11 is 0. The number of hydrogen-bond donors (Lipinski definition) is 0. The van der Waals surface area contributed by atoms with Gasteiger partial charge in [-0.3, -0.25) is 10.1 Å². The zero-order valence-electron chi connectivity index (χ0n) is 6.78. The molecule has 0 saturated carbocycles. The molecule has 0 heterocycles. The van der Waals surface area contributed by atoms with Gasteiger partial charge in [-0.2, -0.15) is 8.78 Å². The van der Waals surface area contributed by atoms with Crippen LogP contribution in [0.25, 0.3) is 0 Å². The molecule has 0 spiro atoms.